The molecule has 3 N–H and O–H groups in total. The minimum absolute atomic E-state index is 0.0192. The maximum Gasteiger partial charge on any atom is 0.411 e. The molecule has 0 aliphatic carbocycles. The first-order valence-corrected chi connectivity index (χ1v) is 15.7. The first-order valence-electron chi connectivity index (χ1n) is 14.9. The van der Waals surface area contributed by atoms with Gasteiger partial charge in [0.05, 0.1) is 28.6 Å². The molecule has 0 aliphatic heterocycles. The summed E-state index contributed by atoms with van der Waals surface area (Å²) in [7, 11) is 0. The zero-order valence-corrected chi connectivity index (χ0v) is 27.4. The highest BCUT2D eigenvalue weighted by atomic mass is 35.5. The van der Waals surface area contributed by atoms with Crippen molar-refractivity contribution >= 4 is 58.6 Å². The Bertz CT molecular complexity index is 1860. The lowest BCUT2D eigenvalue weighted by Crippen LogP contribution is -2.46. The predicted octanol–water partition coefficient (Wildman–Crippen LogP) is 4.92. The second-order valence-corrected chi connectivity index (χ2v) is 11.5. The highest BCUT2D eigenvalue weighted by molar-refractivity contribution is 6.39. The number of nitrogens with one attached hydrogen (secondary N) is 2. The molecule has 14 heteroatoms. The Morgan fingerprint density at radius 2 is 1.43 bits per heavy atom. The van der Waals surface area contributed by atoms with Crippen LogP contribution in [-0.2, 0) is 43.2 Å². The van der Waals surface area contributed by atoms with Crippen LogP contribution in [-0.4, -0.2) is 58.7 Å². The van der Waals surface area contributed by atoms with Crippen molar-refractivity contribution in [2.24, 2.45) is 0 Å². The quantitative estimate of drug-likeness (QED) is 0.145. The molecule has 0 fully saturated rings. The number of carbonyl (C=O) groups excluding carboxylic acids is 4. The number of rotatable bonds is 15. The number of aromatic nitrogens is 1. The molecule has 4 aromatic rings. The summed E-state index contributed by atoms with van der Waals surface area (Å²) in [6.45, 7) is -1.49. The molecule has 0 saturated heterocycles. The molecule has 49 heavy (non-hydrogen) atoms. The molecule has 4 rings (SSSR count). The fourth-order valence-corrected chi connectivity index (χ4v) is 5.25. The number of pyridine rings is 1. The molecule has 0 saturated carbocycles. The number of hydrogen-bond acceptors (Lipinski definition) is 8. The number of nitrogens with zero attached hydrogens (tertiary/aromatic N) is 1. The molecule has 0 aliphatic rings. The summed E-state index contributed by atoms with van der Waals surface area (Å²) in [6.07, 6.45) is -1.03. The zero-order valence-electron chi connectivity index (χ0n) is 25.9. The van der Waals surface area contributed by atoms with Crippen LogP contribution in [0.5, 0.6) is 0 Å². The average Bonchev–Trinajstić information content (AvgIpc) is 3.07. The number of Topliss-reactive ketones (excluding diaryl/α,β-unsaturated/α-hetero) is 1. The van der Waals surface area contributed by atoms with Gasteiger partial charge in [-0.2, -0.15) is 0 Å². The van der Waals surface area contributed by atoms with Gasteiger partial charge in [0.25, 0.3) is 5.56 Å². The number of amides is 2. The second-order valence-electron chi connectivity index (χ2n) is 10.6. The van der Waals surface area contributed by atoms with Crippen LogP contribution in [0.2, 0.25) is 10.0 Å². The van der Waals surface area contributed by atoms with Crippen molar-refractivity contribution in [3.05, 3.63) is 134 Å². The number of carboxylic acid groups (broad SMARTS) is 1. The van der Waals surface area contributed by atoms with E-state index in [-0.39, 0.29) is 34.3 Å². The smallest absolute Gasteiger partial charge is 0.411 e. The normalized spacial score (nSPS) is 11.2. The van der Waals surface area contributed by atoms with E-state index in [9.17, 15) is 33.9 Å². The number of hydrogen-bond donors (Lipinski definition) is 3. The van der Waals surface area contributed by atoms with Crippen molar-refractivity contribution < 1.29 is 38.6 Å². The SMILES string of the molecule is O=C(O)C[C@H](NC(=O)Cn1c(Cc2ccccc2)ccc(NC(=O)OCCc2ccccc2)c1=O)C(=O)COC(=O)c1c(Cl)cccc1Cl. The van der Waals surface area contributed by atoms with Gasteiger partial charge in [-0.15, -0.1) is 0 Å². The number of anilines is 1. The van der Waals surface area contributed by atoms with Crippen LogP contribution >= 0.6 is 23.2 Å². The van der Waals surface area contributed by atoms with E-state index in [1.165, 1.54) is 24.3 Å². The first kappa shape index (κ1) is 36.4. The summed E-state index contributed by atoms with van der Waals surface area (Å²) in [4.78, 5) is 76.4. The lowest BCUT2D eigenvalue weighted by atomic mass is 10.1. The molecule has 3 aromatic carbocycles. The van der Waals surface area contributed by atoms with Crippen molar-refractivity contribution in [2.45, 2.75) is 31.8 Å². The summed E-state index contributed by atoms with van der Waals surface area (Å²) in [5.74, 6) is -4.26. The number of carboxylic acids is 1. The van der Waals surface area contributed by atoms with E-state index in [2.05, 4.69) is 10.6 Å². The number of esters is 1. The topological polar surface area (TPSA) is 170 Å². The molecule has 1 atom stereocenters. The molecule has 1 aromatic heterocycles. The molecule has 254 valence electrons. The van der Waals surface area contributed by atoms with Crippen molar-refractivity contribution in [3.63, 3.8) is 0 Å². The van der Waals surface area contributed by atoms with E-state index in [0.29, 0.717) is 12.1 Å². The van der Waals surface area contributed by atoms with E-state index in [1.54, 1.807) is 18.2 Å². The molecule has 2 amide bonds. The van der Waals surface area contributed by atoms with Gasteiger partial charge in [-0.05, 0) is 35.4 Å². The maximum atomic E-state index is 13.6. The van der Waals surface area contributed by atoms with Gasteiger partial charge >= 0.3 is 18.0 Å². The van der Waals surface area contributed by atoms with E-state index in [1.807, 2.05) is 48.5 Å². The van der Waals surface area contributed by atoms with Gasteiger partial charge in [-0.1, -0.05) is 89.9 Å². The largest absolute Gasteiger partial charge is 0.481 e. The molecule has 0 bridgehead atoms. The fraction of sp³-hybridized carbons (Fsp3) is 0.200. The van der Waals surface area contributed by atoms with E-state index in [0.717, 1.165) is 15.7 Å². The average molecular weight is 709 g/mol. The zero-order chi connectivity index (χ0) is 35.3. The van der Waals surface area contributed by atoms with Crippen LogP contribution in [0.15, 0.2) is 95.8 Å². The van der Waals surface area contributed by atoms with Crippen LogP contribution in [0.4, 0.5) is 10.5 Å². The molecule has 0 radical (unpaired) electrons. The van der Waals surface area contributed by atoms with Crippen LogP contribution in [0.1, 0.15) is 33.6 Å². The molecular weight excluding hydrogens is 677 g/mol. The summed E-state index contributed by atoms with van der Waals surface area (Å²) in [5.41, 5.74) is 1.07. The van der Waals surface area contributed by atoms with Crippen LogP contribution in [0.25, 0.3) is 0 Å². The minimum Gasteiger partial charge on any atom is -0.481 e. The van der Waals surface area contributed by atoms with Gasteiger partial charge in [0.15, 0.2) is 12.4 Å². The Kier molecular flexibility index (Phi) is 13.1. The lowest BCUT2D eigenvalue weighted by Gasteiger charge is -2.19. The van der Waals surface area contributed by atoms with Crippen LogP contribution in [0.3, 0.4) is 0 Å². The maximum absolute atomic E-state index is 13.6. The fourth-order valence-electron chi connectivity index (χ4n) is 4.70. The van der Waals surface area contributed by atoms with Gasteiger partial charge in [-0.25, -0.2) is 9.59 Å². The Labute approximate surface area is 290 Å². The number of ether oxygens (including phenoxy) is 2. The third-order valence-corrected chi connectivity index (χ3v) is 7.74. The van der Waals surface area contributed by atoms with E-state index < -0.39 is 60.9 Å². The highest BCUT2D eigenvalue weighted by Crippen LogP contribution is 2.25. The summed E-state index contributed by atoms with van der Waals surface area (Å²) < 4.78 is 11.3. The van der Waals surface area contributed by atoms with Gasteiger partial charge in [0, 0.05) is 18.5 Å². The lowest BCUT2D eigenvalue weighted by molar-refractivity contribution is -0.140. The third-order valence-electron chi connectivity index (χ3n) is 7.11. The summed E-state index contributed by atoms with van der Waals surface area (Å²) in [5, 5.41) is 14.1. The Hall–Kier alpha value is -5.46. The predicted molar refractivity (Wildman–Crippen MR) is 181 cm³/mol. The second kappa shape index (κ2) is 17.6. The number of carbonyl (C=O) groups is 5. The monoisotopic (exact) mass is 707 g/mol. The van der Waals surface area contributed by atoms with Gasteiger partial charge in [0.2, 0.25) is 5.91 Å². The summed E-state index contributed by atoms with van der Waals surface area (Å²) >= 11 is 12.0. The number of halogens is 2. The van der Waals surface area contributed by atoms with Gasteiger partial charge in [-0.3, -0.25) is 24.5 Å². The Balaban J connectivity index is 1.48. The van der Waals surface area contributed by atoms with Crippen molar-refractivity contribution in [2.75, 3.05) is 18.5 Å². The van der Waals surface area contributed by atoms with Crippen LogP contribution in [0, 0.1) is 0 Å². The standard InChI is InChI=1S/C35H31Cl2N3O9/c36-25-12-7-13-26(37)32(25)34(46)49-21-29(41)28(19-31(43)44)38-30(42)20-40-24(18-23-10-5-2-6-11-23)14-15-27(33(40)45)39-35(47)48-17-16-22-8-3-1-4-9-22/h1-15,28H,16-21H2,(H,38,42)(H,39,47)(H,43,44)/t28-/m0/s1. The first-order chi connectivity index (χ1) is 23.5. The Morgan fingerprint density at radius 1 is 0.796 bits per heavy atom. The van der Waals surface area contributed by atoms with E-state index >= 15 is 0 Å². The van der Waals surface area contributed by atoms with Crippen molar-refractivity contribution in [1.29, 1.82) is 0 Å². The van der Waals surface area contributed by atoms with E-state index in [4.69, 9.17) is 32.7 Å². The van der Waals surface area contributed by atoms with Crippen molar-refractivity contribution in [1.82, 2.24) is 9.88 Å². The molecule has 0 spiro atoms. The molecule has 12 nitrogen and oxygen atoms in total. The Morgan fingerprint density at radius 3 is 2.06 bits per heavy atom. The number of ketones is 1. The van der Waals surface area contributed by atoms with Crippen LogP contribution < -0.4 is 16.2 Å². The molecule has 0 unspecified atom stereocenters. The van der Waals surface area contributed by atoms with Crippen molar-refractivity contribution in [3.8, 4) is 0 Å². The van der Waals surface area contributed by atoms with Gasteiger partial charge in [0.1, 0.15) is 18.3 Å². The summed E-state index contributed by atoms with van der Waals surface area (Å²) in [6, 6.07) is 24.1. The van der Waals surface area contributed by atoms with Gasteiger partial charge < -0.3 is 24.5 Å². The third kappa shape index (κ3) is 10.8. The highest BCUT2D eigenvalue weighted by Gasteiger charge is 2.27. The number of benzene rings is 3. The molecule has 1 heterocycles. The molecular formula is C35H31Cl2N3O9. The minimum atomic E-state index is -1.62. The number of aliphatic carboxylic acids is 1.